The van der Waals surface area contributed by atoms with E-state index in [1.54, 1.807) is 60.7 Å². The van der Waals surface area contributed by atoms with Gasteiger partial charge in [-0.25, -0.2) is 23.2 Å². The summed E-state index contributed by atoms with van der Waals surface area (Å²) in [5.41, 5.74) is 0.552. The fourth-order valence-corrected chi connectivity index (χ4v) is 5.46. The van der Waals surface area contributed by atoms with Crippen molar-refractivity contribution in [2.24, 2.45) is 0 Å². The average Bonchev–Trinajstić information content (AvgIpc) is 3.60. The lowest BCUT2D eigenvalue weighted by atomic mass is 10.2. The van der Waals surface area contributed by atoms with Crippen LogP contribution in [-0.2, 0) is 14.8 Å². The van der Waals surface area contributed by atoms with Gasteiger partial charge in [-0.2, -0.15) is 4.98 Å². The quantitative estimate of drug-likeness (QED) is 0.148. The van der Waals surface area contributed by atoms with Gasteiger partial charge in [0.1, 0.15) is 36.3 Å². The molecule has 0 aliphatic carbocycles. The Balaban J connectivity index is 1.36. The highest BCUT2D eigenvalue weighted by molar-refractivity contribution is 7.92. The molecule has 5 aromatic rings. The Bertz CT molecular complexity index is 2030. The molecule has 6 rings (SSSR count). The van der Waals surface area contributed by atoms with Crippen LogP contribution in [-0.4, -0.2) is 63.7 Å². The second kappa shape index (κ2) is 14.6. The average molecular weight is 688 g/mol. The molecule has 0 unspecified atom stereocenters. The van der Waals surface area contributed by atoms with Crippen molar-refractivity contribution >= 4 is 27.8 Å². The Labute approximate surface area is 280 Å². The number of methoxy groups -OCH3 is 2. The first-order valence-electron chi connectivity index (χ1n) is 14.6. The Hall–Kier alpha value is -6.29. The van der Waals surface area contributed by atoms with Crippen molar-refractivity contribution in [2.45, 2.75) is 4.90 Å². The summed E-state index contributed by atoms with van der Waals surface area (Å²) in [7, 11) is -1.36. The predicted octanol–water partition coefficient (Wildman–Crippen LogP) is 5.51. The van der Waals surface area contributed by atoms with E-state index in [4.69, 9.17) is 33.2 Å². The Morgan fingerprint density at radius 3 is 2.31 bits per heavy atom. The molecule has 2 N–H and O–H groups in total. The number of fused-ring (bicyclic) bond motifs is 1. The van der Waals surface area contributed by atoms with Crippen molar-refractivity contribution in [2.75, 3.05) is 44.3 Å². The van der Waals surface area contributed by atoms with Gasteiger partial charge in [0.05, 0.1) is 19.1 Å². The van der Waals surface area contributed by atoms with Gasteiger partial charge in [-0.15, -0.1) is 0 Å². The molecule has 3 heterocycles. The molecule has 16 heteroatoms. The van der Waals surface area contributed by atoms with Crippen LogP contribution in [0, 0.1) is 0 Å². The van der Waals surface area contributed by atoms with E-state index >= 15 is 0 Å². The van der Waals surface area contributed by atoms with Gasteiger partial charge in [0, 0.05) is 36.0 Å². The molecule has 3 aromatic carbocycles. The minimum Gasteiger partial charge on any atom is -0.496 e. The van der Waals surface area contributed by atoms with E-state index in [1.165, 1.54) is 38.6 Å². The van der Waals surface area contributed by atoms with Crippen LogP contribution in [0.3, 0.4) is 0 Å². The largest absolute Gasteiger partial charge is 0.496 e. The second-order valence-corrected chi connectivity index (χ2v) is 11.7. The molecule has 0 radical (unpaired) electrons. The second-order valence-electron chi connectivity index (χ2n) is 9.99. The number of nitrogens with zero attached hydrogens (tertiary/aromatic N) is 3. The van der Waals surface area contributed by atoms with Crippen LogP contribution >= 0.6 is 0 Å². The van der Waals surface area contributed by atoms with Gasteiger partial charge >= 0.3 is 6.09 Å². The van der Waals surface area contributed by atoms with Crippen LogP contribution in [0.25, 0.3) is 11.4 Å². The topological polar surface area (TPSA) is 179 Å². The van der Waals surface area contributed by atoms with Gasteiger partial charge in [-0.3, -0.25) is 10.0 Å². The molecule has 15 nitrogen and oxygen atoms in total. The van der Waals surface area contributed by atoms with E-state index in [2.05, 4.69) is 25.0 Å². The maximum Gasteiger partial charge on any atom is 0.412 e. The van der Waals surface area contributed by atoms with Gasteiger partial charge in [-0.05, 0) is 24.3 Å². The first-order valence-corrected chi connectivity index (χ1v) is 16.1. The summed E-state index contributed by atoms with van der Waals surface area (Å²) in [5, 5.41) is 2.51. The SMILES string of the molecule is COc1cc(OC)cc(Oc2c(NS(=O)(=O)c3ccc4c(c3)OCO4)nc(-c3ccccc3)nc2OCCOC(=O)Nc2ccccn2)c1. The van der Waals surface area contributed by atoms with E-state index in [9.17, 15) is 13.2 Å². The molecule has 1 aliphatic heterocycles. The summed E-state index contributed by atoms with van der Waals surface area (Å²) in [6, 6.07) is 22.8. The molecule has 0 spiro atoms. The van der Waals surface area contributed by atoms with Crippen molar-refractivity contribution in [3.05, 3.63) is 91.1 Å². The first-order chi connectivity index (χ1) is 23.8. The molecule has 0 fully saturated rings. The van der Waals surface area contributed by atoms with E-state index in [0.717, 1.165) is 0 Å². The molecule has 0 saturated carbocycles. The van der Waals surface area contributed by atoms with E-state index in [1.807, 2.05) is 6.07 Å². The molecule has 0 atom stereocenters. The number of hydrogen-bond donors (Lipinski definition) is 2. The lowest BCUT2D eigenvalue weighted by molar-refractivity contribution is 0.135. The van der Waals surface area contributed by atoms with Crippen LogP contribution in [0.5, 0.6) is 40.4 Å². The highest BCUT2D eigenvalue weighted by Crippen LogP contribution is 2.41. The van der Waals surface area contributed by atoms with E-state index in [0.29, 0.717) is 28.6 Å². The summed E-state index contributed by atoms with van der Waals surface area (Å²) in [4.78, 5) is 25.3. The van der Waals surface area contributed by atoms with Gasteiger partial charge in [-0.1, -0.05) is 36.4 Å². The maximum atomic E-state index is 13.8. The molecular formula is C33H29N5O10S. The summed E-state index contributed by atoms with van der Waals surface area (Å²) in [5.74, 6) is 1.47. The predicted molar refractivity (Wildman–Crippen MR) is 175 cm³/mol. The summed E-state index contributed by atoms with van der Waals surface area (Å²) >= 11 is 0. The van der Waals surface area contributed by atoms with Crippen molar-refractivity contribution < 1.29 is 46.4 Å². The summed E-state index contributed by atoms with van der Waals surface area (Å²) in [6.07, 6.45) is 0.766. The number of benzene rings is 3. The normalized spacial score (nSPS) is 11.7. The fourth-order valence-electron chi connectivity index (χ4n) is 4.44. The standard InChI is InChI=1S/C33H29N5O10S/c1-42-22-16-23(43-2)18-24(17-22)48-29-31(38-49(40,41)25-11-12-26-27(19-25)47-20-46-26)36-30(21-8-4-3-5-9-21)37-32(29)44-14-15-45-33(39)35-28-10-6-7-13-34-28/h3-13,16-19H,14-15,20H2,1-2H3,(H,34,35,39)(H,36,37,38). The van der Waals surface area contributed by atoms with Crippen LogP contribution in [0.2, 0.25) is 0 Å². The van der Waals surface area contributed by atoms with E-state index in [-0.39, 0.29) is 59.7 Å². The molecule has 0 saturated heterocycles. The number of amides is 1. The molecule has 2 aromatic heterocycles. The van der Waals surface area contributed by atoms with Gasteiger partial charge in [0.25, 0.3) is 15.9 Å². The highest BCUT2D eigenvalue weighted by atomic mass is 32.2. The van der Waals surface area contributed by atoms with Crippen LogP contribution in [0.15, 0.2) is 96.0 Å². The van der Waals surface area contributed by atoms with E-state index < -0.39 is 16.1 Å². The van der Waals surface area contributed by atoms with Crippen molar-refractivity contribution in [3.63, 3.8) is 0 Å². The Morgan fingerprint density at radius 1 is 0.837 bits per heavy atom. The van der Waals surface area contributed by atoms with Gasteiger partial charge < -0.3 is 33.2 Å². The summed E-state index contributed by atoms with van der Waals surface area (Å²) in [6.45, 7) is -0.448. The Morgan fingerprint density at radius 2 is 1.57 bits per heavy atom. The smallest absolute Gasteiger partial charge is 0.412 e. The number of sulfonamides is 1. The zero-order valence-corrected chi connectivity index (χ0v) is 26.9. The van der Waals surface area contributed by atoms with Crippen LogP contribution < -0.4 is 38.5 Å². The van der Waals surface area contributed by atoms with Crippen molar-refractivity contribution in [1.29, 1.82) is 0 Å². The molecule has 0 bridgehead atoms. The minimum atomic E-state index is -4.30. The zero-order valence-electron chi connectivity index (χ0n) is 26.1. The minimum absolute atomic E-state index is 0.0319. The molecule has 1 amide bonds. The van der Waals surface area contributed by atoms with Crippen molar-refractivity contribution in [3.8, 4) is 51.8 Å². The number of anilines is 2. The highest BCUT2D eigenvalue weighted by Gasteiger charge is 2.27. The number of nitrogens with one attached hydrogen (secondary N) is 2. The molecular weight excluding hydrogens is 658 g/mol. The number of rotatable bonds is 13. The molecule has 49 heavy (non-hydrogen) atoms. The third kappa shape index (κ3) is 7.99. The van der Waals surface area contributed by atoms with Gasteiger partial charge in [0.15, 0.2) is 23.1 Å². The van der Waals surface area contributed by atoms with Crippen molar-refractivity contribution in [1.82, 2.24) is 15.0 Å². The number of aromatic nitrogens is 3. The number of hydrogen-bond acceptors (Lipinski definition) is 13. The third-order valence-electron chi connectivity index (χ3n) is 6.75. The molecule has 1 aliphatic rings. The summed E-state index contributed by atoms with van der Waals surface area (Å²) < 4.78 is 69.0. The number of carbonyl (C=O) groups excluding carboxylic acids is 1. The number of pyridine rings is 1. The fraction of sp³-hybridized carbons (Fsp3) is 0.152. The third-order valence-corrected chi connectivity index (χ3v) is 8.08. The van der Waals surface area contributed by atoms with Gasteiger partial charge in [0.2, 0.25) is 12.5 Å². The van der Waals surface area contributed by atoms with Crippen LogP contribution in [0.1, 0.15) is 0 Å². The first kappa shape index (κ1) is 32.6. The maximum absolute atomic E-state index is 13.8. The number of carbonyl (C=O) groups is 1. The number of ether oxygens (including phenoxy) is 7. The monoisotopic (exact) mass is 687 g/mol. The molecule has 252 valence electrons. The lowest BCUT2D eigenvalue weighted by Crippen LogP contribution is -2.19. The zero-order chi connectivity index (χ0) is 34.2. The Kier molecular flexibility index (Phi) is 9.75. The lowest BCUT2D eigenvalue weighted by Gasteiger charge is -2.18. The van der Waals surface area contributed by atoms with Crippen LogP contribution in [0.4, 0.5) is 16.4 Å².